The van der Waals surface area contributed by atoms with Crippen LogP contribution in [-0.2, 0) is 19.0 Å². The normalized spacial score (nSPS) is 11.2. The molecule has 0 spiro atoms. The molecule has 0 aliphatic heterocycles. The number of benzene rings is 1. The maximum atomic E-state index is 13.4. The van der Waals surface area contributed by atoms with Crippen LogP contribution < -0.4 is 15.4 Å². The van der Waals surface area contributed by atoms with Crippen molar-refractivity contribution in [2.45, 2.75) is 32.4 Å². The van der Waals surface area contributed by atoms with Gasteiger partial charge in [-0.1, -0.05) is 19.4 Å². The summed E-state index contributed by atoms with van der Waals surface area (Å²) in [5.74, 6) is -0.248. The molecule has 0 atom stereocenters. The Kier molecular flexibility index (Phi) is 7.29. The molecule has 0 bridgehead atoms. The van der Waals surface area contributed by atoms with Gasteiger partial charge in [0.05, 0.1) is 11.1 Å². The van der Waals surface area contributed by atoms with Crippen molar-refractivity contribution in [1.82, 2.24) is 4.98 Å². The molecule has 0 saturated carbocycles. The minimum Gasteiger partial charge on any atom is -0.619 e. The van der Waals surface area contributed by atoms with Crippen LogP contribution >= 0.6 is 0 Å². The number of nitrogens with one attached hydrogen (secondary N) is 2. The highest BCUT2D eigenvalue weighted by Crippen LogP contribution is 2.34. The Morgan fingerprint density at radius 3 is 2.56 bits per heavy atom. The Morgan fingerprint density at radius 1 is 1.12 bits per heavy atom. The SMILES string of the molecule is CCCc1ccc(NC(=O)c2cccnc2NCCc2cc[n+]([O-])cc2)cc1C(F)(F)F. The Labute approximate surface area is 183 Å². The first-order chi connectivity index (χ1) is 15.3. The second-order valence-corrected chi connectivity index (χ2v) is 7.22. The van der Waals surface area contributed by atoms with Gasteiger partial charge in [0.25, 0.3) is 5.91 Å². The lowest BCUT2D eigenvalue weighted by Gasteiger charge is -2.15. The molecule has 1 aromatic carbocycles. The van der Waals surface area contributed by atoms with Crippen LogP contribution in [0.1, 0.15) is 40.4 Å². The van der Waals surface area contributed by atoms with Crippen LogP contribution in [0.3, 0.4) is 0 Å². The molecule has 0 radical (unpaired) electrons. The summed E-state index contributed by atoms with van der Waals surface area (Å²) < 4.78 is 41.0. The van der Waals surface area contributed by atoms with Crippen molar-refractivity contribution in [3.63, 3.8) is 0 Å². The minimum absolute atomic E-state index is 0.0622. The number of carbonyl (C=O) groups is 1. The fraction of sp³-hybridized carbons (Fsp3) is 0.261. The third-order valence-electron chi connectivity index (χ3n) is 4.82. The minimum atomic E-state index is -4.50. The van der Waals surface area contributed by atoms with E-state index in [1.807, 2.05) is 6.92 Å². The Balaban J connectivity index is 1.72. The zero-order chi connectivity index (χ0) is 23.1. The molecule has 168 valence electrons. The molecular formula is C23H23F3N4O2. The van der Waals surface area contributed by atoms with Crippen LogP contribution in [0.25, 0.3) is 0 Å². The maximum absolute atomic E-state index is 13.4. The fourth-order valence-electron chi connectivity index (χ4n) is 3.27. The summed E-state index contributed by atoms with van der Waals surface area (Å²) in [6.07, 6.45) is 1.28. The van der Waals surface area contributed by atoms with Gasteiger partial charge in [-0.05, 0) is 48.2 Å². The molecule has 0 aliphatic rings. The van der Waals surface area contributed by atoms with Gasteiger partial charge in [0, 0.05) is 30.6 Å². The molecule has 1 amide bonds. The molecule has 3 rings (SSSR count). The molecular weight excluding hydrogens is 421 g/mol. The van der Waals surface area contributed by atoms with E-state index in [1.165, 1.54) is 30.7 Å². The van der Waals surface area contributed by atoms with Crippen LogP contribution in [0.5, 0.6) is 0 Å². The van der Waals surface area contributed by atoms with Gasteiger partial charge >= 0.3 is 6.18 Å². The Bertz CT molecular complexity index is 1070. The maximum Gasteiger partial charge on any atom is 0.416 e. The van der Waals surface area contributed by atoms with Crippen LogP contribution in [-0.4, -0.2) is 17.4 Å². The largest absolute Gasteiger partial charge is 0.619 e. The molecule has 32 heavy (non-hydrogen) atoms. The number of aromatic nitrogens is 2. The van der Waals surface area contributed by atoms with E-state index in [2.05, 4.69) is 15.6 Å². The van der Waals surface area contributed by atoms with Crippen molar-refractivity contribution in [2.75, 3.05) is 17.2 Å². The van der Waals surface area contributed by atoms with Gasteiger partial charge in [-0.25, -0.2) is 4.98 Å². The molecule has 6 nitrogen and oxygen atoms in total. The zero-order valence-corrected chi connectivity index (χ0v) is 17.4. The molecule has 3 aromatic rings. The second-order valence-electron chi connectivity index (χ2n) is 7.22. The molecule has 2 heterocycles. The average Bonchev–Trinajstić information content (AvgIpc) is 2.76. The summed E-state index contributed by atoms with van der Waals surface area (Å²) in [5.41, 5.74) is 0.656. The van der Waals surface area contributed by atoms with Gasteiger partial charge in [0.2, 0.25) is 0 Å². The van der Waals surface area contributed by atoms with Crippen molar-refractivity contribution >= 4 is 17.4 Å². The van der Waals surface area contributed by atoms with Crippen molar-refractivity contribution in [3.8, 4) is 0 Å². The quantitative estimate of drug-likeness (QED) is 0.393. The van der Waals surface area contributed by atoms with Gasteiger partial charge in [0.15, 0.2) is 12.4 Å². The number of carbonyl (C=O) groups excluding carboxylic acids is 1. The predicted octanol–water partition coefficient (Wildman–Crippen LogP) is 4.59. The average molecular weight is 444 g/mol. The third kappa shape index (κ3) is 5.96. The first-order valence-electron chi connectivity index (χ1n) is 10.2. The summed E-state index contributed by atoms with van der Waals surface area (Å²) in [5, 5.41) is 16.7. The second kappa shape index (κ2) is 10.1. The monoisotopic (exact) mass is 444 g/mol. The number of alkyl halides is 3. The number of hydrogen-bond acceptors (Lipinski definition) is 4. The lowest BCUT2D eigenvalue weighted by atomic mass is 10.0. The molecule has 2 aromatic heterocycles. The Hall–Kier alpha value is -3.62. The highest BCUT2D eigenvalue weighted by atomic mass is 19.4. The van der Waals surface area contributed by atoms with Crippen LogP contribution in [0, 0.1) is 5.21 Å². The zero-order valence-electron chi connectivity index (χ0n) is 17.4. The van der Waals surface area contributed by atoms with Crippen molar-refractivity contribution in [1.29, 1.82) is 0 Å². The molecule has 0 aliphatic carbocycles. The van der Waals surface area contributed by atoms with E-state index in [4.69, 9.17) is 0 Å². The summed E-state index contributed by atoms with van der Waals surface area (Å²) in [6.45, 7) is 2.26. The van der Waals surface area contributed by atoms with Crippen molar-refractivity contribution < 1.29 is 22.7 Å². The van der Waals surface area contributed by atoms with Crippen LogP contribution in [0.4, 0.5) is 24.7 Å². The topological polar surface area (TPSA) is 81.0 Å². The number of amides is 1. The molecule has 0 saturated heterocycles. The van der Waals surface area contributed by atoms with Crippen LogP contribution in [0.2, 0.25) is 0 Å². The van der Waals surface area contributed by atoms with E-state index in [9.17, 15) is 23.2 Å². The fourth-order valence-corrected chi connectivity index (χ4v) is 3.27. The summed E-state index contributed by atoms with van der Waals surface area (Å²) >= 11 is 0. The highest BCUT2D eigenvalue weighted by Gasteiger charge is 2.33. The number of pyridine rings is 2. The van der Waals surface area contributed by atoms with Gasteiger partial charge in [-0.15, -0.1) is 0 Å². The van der Waals surface area contributed by atoms with E-state index in [0.29, 0.717) is 36.4 Å². The first kappa shape index (κ1) is 23.1. The van der Waals surface area contributed by atoms with E-state index in [-0.39, 0.29) is 16.8 Å². The van der Waals surface area contributed by atoms with Crippen LogP contribution in [0.15, 0.2) is 61.1 Å². The predicted molar refractivity (Wildman–Crippen MR) is 115 cm³/mol. The summed E-state index contributed by atoms with van der Waals surface area (Å²) in [7, 11) is 0. The van der Waals surface area contributed by atoms with E-state index >= 15 is 0 Å². The summed E-state index contributed by atoms with van der Waals surface area (Å²) in [4.78, 5) is 16.9. The van der Waals surface area contributed by atoms with Gasteiger partial charge in [-0.3, -0.25) is 4.79 Å². The molecule has 2 N–H and O–H groups in total. The lowest BCUT2D eigenvalue weighted by Crippen LogP contribution is -2.24. The van der Waals surface area contributed by atoms with Crippen molar-refractivity contribution in [2.24, 2.45) is 0 Å². The van der Waals surface area contributed by atoms with Crippen molar-refractivity contribution in [3.05, 3.63) is 88.5 Å². The highest BCUT2D eigenvalue weighted by molar-refractivity contribution is 6.07. The lowest BCUT2D eigenvalue weighted by molar-refractivity contribution is -0.605. The number of rotatable bonds is 8. The van der Waals surface area contributed by atoms with Gasteiger partial charge in [0.1, 0.15) is 5.82 Å². The standard InChI is InChI=1S/C23H23F3N4O2/c1-2-4-17-6-7-18(15-20(17)23(24,25)26)29-22(31)19-5-3-11-27-21(19)28-12-8-16-9-13-30(32)14-10-16/h3,5-7,9-11,13-15H,2,4,8,12H2,1H3,(H,27,28)(H,29,31). The molecule has 0 fully saturated rings. The summed E-state index contributed by atoms with van der Waals surface area (Å²) in [6, 6.07) is 10.3. The number of aryl methyl sites for hydroxylation is 1. The third-order valence-corrected chi connectivity index (χ3v) is 4.82. The van der Waals surface area contributed by atoms with E-state index in [0.717, 1.165) is 11.6 Å². The smallest absolute Gasteiger partial charge is 0.416 e. The molecule has 0 unspecified atom stereocenters. The molecule has 9 heteroatoms. The van der Waals surface area contributed by atoms with E-state index < -0.39 is 17.6 Å². The number of anilines is 2. The van der Waals surface area contributed by atoms with E-state index in [1.54, 1.807) is 24.3 Å². The number of halogens is 3. The van der Waals surface area contributed by atoms with Gasteiger partial charge < -0.3 is 15.8 Å². The van der Waals surface area contributed by atoms with Gasteiger partial charge in [-0.2, -0.15) is 17.9 Å². The first-order valence-corrected chi connectivity index (χ1v) is 10.2. The number of hydrogen-bond donors (Lipinski definition) is 2. The number of nitrogens with zero attached hydrogens (tertiary/aromatic N) is 2. The Morgan fingerprint density at radius 2 is 1.88 bits per heavy atom.